The van der Waals surface area contributed by atoms with Crippen LogP contribution in [0.1, 0.15) is 17.5 Å². The van der Waals surface area contributed by atoms with Crippen LogP contribution in [0, 0.1) is 19.8 Å². The van der Waals surface area contributed by atoms with Crippen molar-refractivity contribution in [2.75, 3.05) is 48.0 Å². The summed E-state index contributed by atoms with van der Waals surface area (Å²) in [5.74, 6) is -0.456. The monoisotopic (exact) mass is 393 g/mol. The Bertz CT molecular complexity index is 904. The van der Waals surface area contributed by atoms with Crippen molar-refractivity contribution < 1.29 is 14.3 Å². The second kappa shape index (κ2) is 8.25. The van der Waals surface area contributed by atoms with E-state index in [0.717, 1.165) is 48.9 Å². The van der Waals surface area contributed by atoms with E-state index in [1.165, 1.54) is 5.56 Å². The van der Waals surface area contributed by atoms with Crippen LogP contribution in [0.5, 0.6) is 0 Å². The van der Waals surface area contributed by atoms with E-state index in [-0.39, 0.29) is 24.2 Å². The van der Waals surface area contributed by atoms with Crippen LogP contribution in [0.15, 0.2) is 42.5 Å². The minimum atomic E-state index is -0.344. The summed E-state index contributed by atoms with van der Waals surface area (Å²) in [6.07, 6.45) is 0.241. The van der Waals surface area contributed by atoms with Crippen molar-refractivity contribution in [2.45, 2.75) is 20.3 Å². The molecule has 0 radical (unpaired) electrons. The molecule has 2 aliphatic rings. The molecule has 0 bridgehead atoms. The molecular weight excluding hydrogens is 366 g/mol. The van der Waals surface area contributed by atoms with Gasteiger partial charge in [0.25, 0.3) is 0 Å². The molecule has 2 fully saturated rings. The number of rotatable bonds is 4. The number of benzene rings is 2. The van der Waals surface area contributed by atoms with Crippen LogP contribution in [0.4, 0.5) is 17.1 Å². The SMILES string of the molecule is Cc1ccc(N2C[C@@H](C(=O)Nc3ccc(N4CCOCC4)cc3)CC2=O)cc1C. The van der Waals surface area contributed by atoms with E-state index in [1.807, 2.05) is 56.3 Å². The highest BCUT2D eigenvalue weighted by Gasteiger charge is 2.35. The smallest absolute Gasteiger partial charge is 0.229 e. The van der Waals surface area contributed by atoms with E-state index in [9.17, 15) is 9.59 Å². The third-order valence-electron chi connectivity index (χ3n) is 5.81. The van der Waals surface area contributed by atoms with Gasteiger partial charge in [-0.05, 0) is 61.4 Å². The number of ether oxygens (including phenoxy) is 1. The molecular formula is C23H27N3O3. The molecule has 0 unspecified atom stereocenters. The van der Waals surface area contributed by atoms with Crippen LogP contribution >= 0.6 is 0 Å². The summed E-state index contributed by atoms with van der Waals surface area (Å²) in [6.45, 7) is 7.74. The van der Waals surface area contributed by atoms with Crippen molar-refractivity contribution in [3.05, 3.63) is 53.6 Å². The quantitative estimate of drug-likeness (QED) is 0.867. The topological polar surface area (TPSA) is 61.9 Å². The lowest BCUT2D eigenvalue weighted by molar-refractivity contribution is -0.122. The Morgan fingerprint density at radius 1 is 1.00 bits per heavy atom. The second-order valence-electron chi connectivity index (χ2n) is 7.81. The van der Waals surface area contributed by atoms with E-state index in [1.54, 1.807) is 4.90 Å². The fraction of sp³-hybridized carbons (Fsp3) is 0.391. The van der Waals surface area contributed by atoms with Gasteiger partial charge in [-0.15, -0.1) is 0 Å². The van der Waals surface area contributed by atoms with Crippen molar-refractivity contribution in [2.24, 2.45) is 5.92 Å². The summed E-state index contributed by atoms with van der Waals surface area (Å²) in [4.78, 5) is 29.2. The minimum absolute atomic E-state index is 0.00364. The number of nitrogens with one attached hydrogen (secondary N) is 1. The van der Waals surface area contributed by atoms with E-state index in [0.29, 0.717) is 6.54 Å². The highest BCUT2D eigenvalue weighted by molar-refractivity contribution is 6.03. The molecule has 1 atom stereocenters. The van der Waals surface area contributed by atoms with Gasteiger partial charge in [-0.25, -0.2) is 0 Å². The third kappa shape index (κ3) is 4.27. The number of carbonyl (C=O) groups is 2. The number of morpholine rings is 1. The van der Waals surface area contributed by atoms with Gasteiger partial charge in [0, 0.05) is 43.1 Å². The summed E-state index contributed by atoms with van der Waals surface area (Å²) in [6, 6.07) is 13.8. The summed E-state index contributed by atoms with van der Waals surface area (Å²) >= 11 is 0. The zero-order valence-corrected chi connectivity index (χ0v) is 17.0. The van der Waals surface area contributed by atoms with E-state index in [4.69, 9.17) is 4.74 Å². The van der Waals surface area contributed by atoms with Crippen molar-refractivity contribution in [1.29, 1.82) is 0 Å². The highest BCUT2D eigenvalue weighted by Crippen LogP contribution is 2.28. The Kier molecular flexibility index (Phi) is 5.53. The molecule has 152 valence electrons. The number of aryl methyl sites for hydroxylation is 2. The molecule has 0 saturated carbocycles. The van der Waals surface area contributed by atoms with Gasteiger partial charge in [0.15, 0.2) is 0 Å². The van der Waals surface area contributed by atoms with Gasteiger partial charge in [-0.3, -0.25) is 9.59 Å². The number of hydrogen-bond donors (Lipinski definition) is 1. The Morgan fingerprint density at radius 2 is 1.69 bits per heavy atom. The molecule has 2 aromatic carbocycles. The van der Waals surface area contributed by atoms with Crippen LogP contribution in [-0.4, -0.2) is 44.7 Å². The number of anilines is 3. The Morgan fingerprint density at radius 3 is 2.38 bits per heavy atom. The number of nitrogens with zero attached hydrogens (tertiary/aromatic N) is 2. The molecule has 6 nitrogen and oxygen atoms in total. The normalized spacial score (nSPS) is 19.5. The first kappa shape index (κ1) is 19.5. The van der Waals surface area contributed by atoms with Crippen LogP contribution < -0.4 is 15.1 Å². The van der Waals surface area contributed by atoms with Gasteiger partial charge in [0.1, 0.15) is 0 Å². The lowest BCUT2D eigenvalue weighted by atomic mass is 10.1. The summed E-state index contributed by atoms with van der Waals surface area (Å²) in [5, 5.41) is 2.97. The fourth-order valence-electron chi connectivity index (χ4n) is 3.85. The Balaban J connectivity index is 1.38. The van der Waals surface area contributed by atoms with Crippen molar-refractivity contribution >= 4 is 28.9 Å². The second-order valence-corrected chi connectivity index (χ2v) is 7.81. The molecule has 0 aromatic heterocycles. The molecule has 2 heterocycles. The zero-order valence-electron chi connectivity index (χ0n) is 17.0. The van der Waals surface area contributed by atoms with E-state index < -0.39 is 0 Å². The molecule has 4 rings (SSSR count). The zero-order chi connectivity index (χ0) is 20.4. The predicted octanol–water partition coefficient (Wildman–Crippen LogP) is 3.13. The maximum Gasteiger partial charge on any atom is 0.229 e. The van der Waals surface area contributed by atoms with Crippen LogP contribution in [0.25, 0.3) is 0 Å². The standard InChI is InChI=1S/C23H27N3O3/c1-16-3-6-21(13-17(16)2)26-15-18(14-22(26)27)23(28)24-19-4-7-20(8-5-19)25-9-11-29-12-10-25/h3-8,13,18H,9-12,14-15H2,1-2H3,(H,24,28)/t18-/m0/s1. The maximum absolute atomic E-state index is 12.7. The lowest BCUT2D eigenvalue weighted by Gasteiger charge is -2.28. The maximum atomic E-state index is 12.7. The largest absolute Gasteiger partial charge is 0.378 e. The van der Waals surface area contributed by atoms with Gasteiger partial charge in [-0.2, -0.15) is 0 Å². The number of amides is 2. The Hall–Kier alpha value is -2.86. The molecule has 2 saturated heterocycles. The van der Waals surface area contributed by atoms with Gasteiger partial charge in [-0.1, -0.05) is 6.07 Å². The lowest BCUT2D eigenvalue weighted by Crippen LogP contribution is -2.36. The predicted molar refractivity (Wildman–Crippen MR) is 114 cm³/mol. The number of carbonyl (C=O) groups excluding carboxylic acids is 2. The first-order chi connectivity index (χ1) is 14.0. The van der Waals surface area contributed by atoms with Gasteiger partial charge < -0.3 is 19.9 Å². The Labute approximate surface area is 171 Å². The third-order valence-corrected chi connectivity index (χ3v) is 5.81. The number of hydrogen-bond acceptors (Lipinski definition) is 4. The first-order valence-electron chi connectivity index (χ1n) is 10.1. The molecule has 6 heteroatoms. The van der Waals surface area contributed by atoms with Crippen molar-refractivity contribution in [3.8, 4) is 0 Å². The average molecular weight is 393 g/mol. The molecule has 0 spiro atoms. The van der Waals surface area contributed by atoms with Crippen LogP contribution in [0.2, 0.25) is 0 Å². The van der Waals surface area contributed by atoms with Crippen LogP contribution in [-0.2, 0) is 14.3 Å². The molecule has 2 amide bonds. The van der Waals surface area contributed by atoms with Crippen LogP contribution in [0.3, 0.4) is 0 Å². The van der Waals surface area contributed by atoms with E-state index in [2.05, 4.69) is 10.2 Å². The van der Waals surface area contributed by atoms with Gasteiger partial charge >= 0.3 is 0 Å². The van der Waals surface area contributed by atoms with Gasteiger partial charge in [0.05, 0.1) is 19.1 Å². The van der Waals surface area contributed by atoms with Crippen molar-refractivity contribution in [1.82, 2.24) is 0 Å². The molecule has 29 heavy (non-hydrogen) atoms. The van der Waals surface area contributed by atoms with Gasteiger partial charge in [0.2, 0.25) is 11.8 Å². The molecule has 0 aliphatic carbocycles. The van der Waals surface area contributed by atoms with Crippen molar-refractivity contribution in [3.63, 3.8) is 0 Å². The highest BCUT2D eigenvalue weighted by atomic mass is 16.5. The molecule has 2 aliphatic heterocycles. The summed E-state index contributed by atoms with van der Waals surface area (Å²) in [5.41, 5.74) is 5.08. The molecule has 2 aromatic rings. The summed E-state index contributed by atoms with van der Waals surface area (Å²) in [7, 11) is 0. The average Bonchev–Trinajstić information content (AvgIpc) is 3.13. The fourth-order valence-corrected chi connectivity index (χ4v) is 3.85. The van der Waals surface area contributed by atoms with E-state index >= 15 is 0 Å². The summed E-state index contributed by atoms with van der Waals surface area (Å²) < 4.78 is 5.39. The minimum Gasteiger partial charge on any atom is -0.378 e. The molecule has 1 N–H and O–H groups in total. The first-order valence-corrected chi connectivity index (χ1v) is 10.1.